The number of aromatic nitrogens is 2. The summed E-state index contributed by atoms with van der Waals surface area (Å²) < 4.78 is 1.77. The second-order valence-corrected chi connectivity index (χ2v) is 6.62. The third-order valence-corrected chi connectivity index (χ3v) is 4.50. The summed E-state index contributed by atoms with van der Waals surface area (Å²) in [5.74, 6) is 0.785. The van der Waals surface area contributed by atoms with Crippen molar-refractivity contribution in [2.75, 3.05) is 13.1 Å². The molecule has 1 amide bonds. The molecule has 1 aromatic heterocycles. The van der Waals surface area contributed by atoms with Gasteiger partial charge in [-0.3, -0.25) is 9.48 Å². The molecule has 122 valence electrons. The number of benzene rings is 1. The van der Waals surface area contributed by atoms with Gasteiger partial charge in [-0.15, -0.1) is 0 Å². The molecular formula is C18H22ClN3O. The smallest absolute Gasteiger partial charge is 0.257 e. The molecule has 1 aromatic carbocycles. The lowest BCUT2D eigenvalue weighted by atomic mass is 10.2. The Hall–Kier alpha value is -1.81. The highest BCUT2D eigenvalue weighted by Crippen LogP contribution is 2.30. The van der Waals surface area contributed by atoms with Gasteiger partial charge in [0.2, 0.25) is 0 Å². The molecule has 2 aromatic rings. The van der Waals surface area contributed by atoms with Crippen LogP contribution in [-0.4, -0.2) is 33.7 Å². The molecule has 0 spiro atoms. The van der Waals surface area contributed by atoms with Crippen molar-refractivity contribution in [2.45, 2.75) is 32.7 Å². The molecule has 1 fully saturated rings. The molecule has 0 aliphatic heterocycles. The van der Waals surface area contributed by atoms with Crippen LogP contribution in [-0.2, 0) is 6.54 Å². The lowest BCUT2D eigenvalue weighted by Crippen LogP contribution is -2.33. The van der Waals surface area contributed by atoms with E-state index in [2.05, 4.69) is 12.0 Å². The van der Waals surface area contributed by atoms with Gasteiger partial charge in [-0.05, 0) is 36.8 Å². The van der Waals surface area contributed by atoms with Gasteiger partial charge < -0.3 is 4.90 Å². The number of carbonyl (C=O) groups excluding carboxylic acids is 1. The molecule has 1 aliphatic rings. The molecule has 1 saturated carbocycles. The number of amides is 1. The minimum Gasteiger partial charge on any atom is -0.338 e. The third-order valence-electron chi connectivity index (χ3n) is 4.13. The van der Waals surface area contributed by atoms with E-state index in [1.165, 1.54) is 12.8 Å². The molecule has 5 heteroatoms. The standard InChI is InChI=1S/C18H22ClN3O/c1-2-9-21(11-14-7-8-14)18(23)16-10-20-22(13-16)12-15-5-3-4-6-17(15)19/h3-6,10,13-14H,2,7-9,11-12H2,1H3. The Labute approximate surface area is 142 Å². The van der Waals surface area contributed by atoms with Gasteiger partial charge in [0.25, 0.3) is 5.91 Å². The van der Waals surface area contributed by atoms with E-state index in [0.717, 1.165) is 30.1 Å². The normalized spacial score (nSPS) is 14.0. The van der Waals surface area contributed by atoms with E-state index in [1.54, 1.807) is 10.9 Å². The van der Waals surface area contributed by atoms with Gasteiger partial charge in [-0.25, -0.2) is 0 Å². The maximum absolute atomic E-state index is 12.7. The van der Waals surface area contributed by atoms with E-state index in [9.17, 15) is 4.79 Å². The van der Waals surface area contributed by atoms with Crippen molar-refractivity contribution in [3.63, 3.8) is 0 Å². The maximum atomic E-state index is 12.7. The molecule has 0 bridgehead atoms. The second-order valence-electron chi connectivity index (χ2n) is 6.21. The van der Waals surface area contributed by atoms with Gasteiger partial charge in [0, 0.05) is 24.3 Å². The van der Waals surface area contributed by atoms with Crippen LogP contribution in [0, 0.1) is 5.92 Å². The molecule has 1 heterocycles. The first-order valence-electron chi connectivity index (χ1n) is 8.22. The van der Waals surface area contributed by atoms with Crippen LogP contribution in [0.5, 0.6) is 0 Å². The van der Waals surface area contributed by atoms with Crippen molar-refractivity contribution >= 4 is 17.5 Å². The zero-order chi connectivity index (χ0) is 16.2. The predicted octanol–water partition coefficient (Wildman–Crippen LogP) is 3.85. The quantitative estimate of drug-likeness (QED) is 0.773. The molecule has 4 nitrogen and oxygen atoms in total. The fraction of sp³-hybridized carbons (Fsp3) is 0.444. The van der Waals surface area contributed by atoms with E-state index in [-0.39, 0.29) is 5.91 Å². The molecule has 0 N–H and O–H groups in total. The lowest BCUT2D eigenvalue weighted by molar-refractivity contribution is 0.0747. The van der Waals surface area contributed by atoms with E-state index in [0.29, 0.717) is 18.0 Å². The maximum Gasteiger partial charge on any atom is 0.257 e. The van der Waals surface area contributed by atoms with E-state index < -0.39 is 0 Å². The Balaban J connectivity index is 1.69. The van der Waals surface area contributed by atoms with Crippen molar-refractivity contribution in [2.24, 2.45) is 5.92 Å². The van der Waals surface area contributed by atoms with Gasteiger partial charge in [0.1, 0.15) is 0 Å². The Morgan fingerprint density at radius 3 is 2.87 bits per heavy atom. The van der Waals surface area contributed by atoms with Crippen LogP contribution in [0.25, 0.3) is 0 Å². The number of halogens is 1. The van der Waals surface area contributed by atoms with E-state index in [4.69, 9.17) is 11.6 Å². The lowest BCUT2D eigenvalue weighted by Gasteiger charge is -2.21. The highest BCUT2D eigenvalue weighted by molar-refractivity contribution is 6.31. The first-order valence-corrected chi connectivity index (χ1v) is 8.60. The van der Waals surface area contributed by atoms with Crippen LogP contribution < -0.4 is 0 Å². The fourth-order valence-electron chi connectivity index (χ4n) is 2.70. The Kier molecular flexibility index (Phi) is 5.01. The Morgan fingerprint density at radius 2 is 2.17 bits per heavy atom. The van der Waals surface area contributed by atoms with Crippen LogP contribution in [0.4, 0.5) is 0 Å². The Morgan fingerprint density at radius 1 is 1.39 bits per heavy atom. The Bertz CT molecular complexity index is 678. The number of rotatable bonds is 7. The topological polar surface area (TPSA) is 38.1 Å². The molecule has 23 heavy (non-hydrogen) atoms. The second kappa shape index (κ2) is 7.18. The van der Waals surface area contributed by atoms with Crippen molar-refractivity contribution in [1.82, 2.24) is 14.7 Å². The van der Waals surface area contributed by atoms with E-state index >= 15 is 0 Å². The summed E-state index contributed by atoms with van der Waals surface area (Å²) in [5, 5.41) is 5.04. The first kappa shape index (κ1) is 16.1. The van der Waals surface area contributed by atoms with Crippen LogP contribution >= 0.6 is 11.6 Å². The van der Waals surface area contributed by atoms with Gasteiger partial charge >= 0.3 is 0 Å². The largest absolute Gasteiger partial charge is 0.338 e. The summed E-state index contributed by atoms with van der Waals surface area (Å²) in [4.78, 5) is 14.6. The summed E-state index contributed by atoms with van der Waals surface area (Å²) in [5.41, 5.74) is 1.66. The van der Waals surface area contributed by atoms with Crippen LogP contribution in [0.15, 0.2) is 36.7 Å². The molecule has 0 atom stereocenters. The van der Waals surface area contributed by atoms with Gasteiger partial charge in [-0.2, -0.15) is 5.10 Å². The first-order chi connectivity index (χ1) is 11.2. The minimum atomic E-state index is 0.0872. The molecule has 0 radical (unpaired) electrons. The van der Waals surface area contributed by atoms with Crippen LogP contribution in [0.1, 0.15) is 42.1 Å². The number of nitrogens with zero attached hydrogens (tertiary/aromatic N) is 3. The highest BCUT2D eigenvalue weighted by atomic mass is 35.5. The fourth-order valence-corrected chi connectivity index (χ4v) is 2.90. The predicted molar refractivity (Wildman–Crippen MR) is 91.7 cm³/mol. The van der Waals surface area contributed by atoms with Crippen molar-refractivity contribution in [3.8, 4) is 0 Å². The van der Waals surface area contributed by atoms with Crippen molar-refractivity contribution < 1.29 is 4.79 Å². The van der Waals surface area contributed by atoms with Gasteiger partial charge in [0.15, 0.2) is 0 Å². The van der Waals surface area contributed by atoms with E-state index in [1.807, 2.05) is 35.4 Å². The molecule has 1 aliphatic carbocycles. The zero-order valence-electron chi connectivity index (χ0n) is 13.4. The zero-order valence-corrected chi connectivity index (χ0v) is 14.2. The molecular weight excluding hydrogens is 310 g/mol. The van der Waals surface area contributed by atoms with Gasteiger partial charge in [-0.1, -0.05) is 36.7 Å². The van der Waals surface area contributed by atoms with Crippen LogP contribution in [0.3, 0.4) is 0 Å². The summed E-state index contributed by atoms with van der Waals surface area (Å²) >= 11 is 6.18. The van der Waals surface area contributed by atoms with Crippen molar-refractivity contribution in [1.29, 1.82) is 0 Å². The molecule has 3 rings (SSSR count). The highest BCUT2D eigenvalue weighted by Gasteiger charge is 2.27. The third kappa shape index (κ3) is 4.14. The summed E-state index contributed by atoms with van der Waals surface area (Å²) in [6.07, 6.45) is 6.96. The van der Waals surface area contributed by atoms with Crippen LogP contribution in [0.2, 0.25) is 5.02 Å². The monoisotopic (exact) mass is 331 g/mol. The number of hydrogen-bond donors (Lipinski definition) is 0. The minimum absolute atomic E-state index is 0.0872. The van der Waals surface area contributed by atoms with Gasteiger partial charge in [0.05, 0.1) is 18.3 Å². The molecule has 0 unspecified atom stereocenters. The summed E-state index contributed by atoms with van der Waals surface area (Å²) in [6, 6.07) is 7.70. The summed E-state index contributed by atoms with van der Waals surface area (Å²) in [7, 11) is 0. The average molecular weight is 332 g/mol. The van der Waals surface area contributed by atoms with Crippen molar-refractivity contribution in [3.05, 3.63) is 52.8 Å². The average Bonchev–Trinajstić information content (AvgIpc) is 3.24. The SMILES string of the molecule is CCCN(CC1CC1)C(=O)c1cnn(Cc2ccccc2Cl)c1. The molecule has 0 saturated heterocycles. The number of hydrogen-bond acceptors (Lipinski definition) is 2. The number of carbonyl (C=O) groups is 1. The summed E-state index contributed by atoms with van der Waals surface area (Å²) in [6.45, 7) is 4.37.